The van der Waals surface area contributed by atoms with Crippen molar-refractivity contribution < 1.29 is 9.47 Å². The van der Waals surface area contributed by atoms with E-state index in [0.717, 1.165) is 30.9 Å². The maximum atomic E-state index is 5.64. The normalized spacial score (nSPS) is 11.6. The van der Waals surface area contributed by atoms with Crippen molar-refractivity contribution in [2.45, 2.75) is 39.3 Å². The first-order valence-electron chi connectivity index (χ1n) is 6.53. The van der Waals surface area contributed by atoms with Gasteiger partial charge < -0.3 is 14.8 Å². The third-order valence-electron chi connectivity index (χ3n) is 3.14. The second-order valence-electron chi connectivity index (χ2n) is 5.07. The van der Waals surface area contributed by atoms with Crippen molar-refractivity contribution >= 4 is 0 Å². The van der Waals surface area contributed by atoms with Gasteiger partial charge in [0.1, 0.15) is 5.75 Å². The Bertz CT molecular complexity index is 350. The van der Waals surface area contributed by atoms with E-state index in [9.17, 15) is 0 Å². The van der Waals surface area contributed by atoms with Crippen LogP contribution >= 0.6 is 0 Å². The number of hydrogen-bond acceptors (Lipinski definition) is 3. The van der Waals surface area contributed by atoms with E-state index in [4.69, 9.17) is 9.47 Å². The van der Waals surface area contributed by atoms with Crippen LogP contribution in [-0.4, -0.2) is 25.8 Å². The Morgan fingerprint density at radius 1 is 1.28 bits per heavy atom. The van der Waals surface area contributed by atoms with Crippen LogP contribution in [0.3, 0.4) is 0 Å². The molecule has 0 heterocycles. The first-order valence-corrected chi connectivity index (χ1v) is 6.53. The molecule has 0 amide bonds. The molecule has 0 unspecified atom stereocenters. The SMILES string of the molecule is CCC(C)(C)NCCOCc1cccc(OC)c1. The van der Waals surface area contributed by atoms with Crippen molar-refractivity contribution in [3.63, 3.8) is 0 Å². The fourth-order valence-corrected chi connectivity index (χ4v) is 1.54. The van der Waals surface area contributed by atoms with Gasteiger partial charge in [0, 0.05) is 12.1 Å². The zero-order valence-electron chi connectivity index (χ0n) is 12.0. The van der Waals surface area contributed by atoms with Gasteiger partial charge >= 0.3 is 0 Å². The van der Waals surface area contributed by atoms with Crippen molar-refractivity contribution in [3.05, 3.63) is 29.8 Å². The number of methoxy groups -OCH3 is 1. The molecular formula is C15H25NO2. The predicted molar refractivity (Wildman–Crippen MR) is 75.0 cm³/mol. The van der Waals surface area contributed by atoms with E-state index in [0.29, 0.717) is 6.61 Å². The molecule has 0 fully saturated rings. The maximum Gasteiger partial charge on any atom is 0.119 e. The van der Waals surface area contributed by atoms with Gasteiger partial charge in [0.2, 0.25) is 0 Å². The van der Waals surface area contributed by atoms with Gasteiger partial charge in [-0.15, -0.1) is 0 Å². The Morgan fingerprint density at radius 2 is 2.06 bits per heavy atom. The minimum atomic E-state index is 0.194. The summed E-state index contributed by atoms with van der Waals surface area (Å²) in [6.45, 7) is 8.82. The molecule has 0 aromatic heterocycles. The lowest BCUT2D eigenvalue weighted by molar-refractivity contribution is 0.116. The number of ether oxygens (including phenoxy) is 2. The van der Waals surface area contributed by atoms with E-state index in [2.05, 4.69) is 26.1 Å². The second kappa shape index (κ2) is 7.39. The van der Waals surface area contributed by atoms with E-state index >= 15 is 0 Å². The van der Waals surface area contributed by atoms with Crippen LogP contribution in [0.4, 0.5) is 0 Å². The van der Waals surface area contributed by atoms with Crippen LogP contribution in [0.25, 0.3) is 0 Å². The van der Waals surface area contributed by atoms with Gasteiger partial charge in [-0.05, 0) is 38.0 Å². The highest BCUT2D eigenvalue weighted by Gasteiger charge is 2.12. The van der Waals surface area contributed by atoms with E-state index in [-0.39, 0.29) is 5.54 Å². The van der Waals surface area contributed by atoms with Crippen LogP contribution in [-0.2, 0) is 11.3 Å². The zero-order chi connectivity index (χ0) is 13.4. The van der Waals surface area contributed by atoms with Crippen LogP contribution < -0.4 is 10.1 Å². The van der Waals surface area contributed by atoms with Gasteiger partial charge in [-0.25, -0.2) is 0 Å². The molecule has 0 saturated carbocycles. The summed E-state index contributed by atoms with van der Waals surface area (Å²) in [6.07, 6.45) is 1.11. The van der Waals surface area contributed by atoms with Crippen molar-refractivity contribution in [1.82, 2.24) is 5.32 Å². The predicted octanol–water partition coefficient (Wildman–Crippen LogP) is 2.99. The molecule has 0 aliphatic rings. The van der Waals surface area contributed by atoms with Crippen molar-refractivity contribution in [3.8, 4) is 5.75 Å². The van der Waals surface area contributed by atoms with Gasteiger partial charge in [0.05, 0.1) is 20.3 Å². The Hall–Kier alpha value is -1.06. The number of nitrogens with one attached hydrogen (secondary N) is 1. The lowest BCUT2D eigenvalue weighted by atomic mass is 10.0. The standard InChI is InChI=1S/C15H25NO2/c1-5-15(2,3)16-9-10-18-12-13-7-6-8-14(11-13)17-4/h6-8,11,16H,5,9-10,12H2,1-4H3. The summed E-state index contributed by atoms with van der Waals surface area (Å²) in [6, 6.07) is 7.97. The Balaban J connectivity index is 2.21. The van der Waals surface area contributed by atoms with Crippen molar-refractivity contribution in [2.75, 3.05) is 20.3 Å². The van der Waals surface area contributed by atoms with E-state index in [1.165, 1.54) is 0 Å². The lowest BCUT2D eigenvalue weighted by Gasteiger charge is -2.24. The van der Waals surface area contributed by atoms with Gasteiger partial charge in [0.15, 0.2) is 0 Å². The minimum absolute atomic E-state index is 0.194. The van der Waals surface area contributed by atoms with Crippen LogP contribution in [0.2, 0.25) is 0 Å². The van der Waals surface area contributed by atoms with Crippen LogP contribution in [0.1, 0.15) is 32.8 Å². The average Bonchev–Trinajstić information content (AvgIpc) is 2.38. The molecule has 1 N–H and O–H groups in total. The molecule has 1 aromatic rings. The van der Waals surface area contributed by atoms with Gasteiger partial charge in [-0.2, -0.15) is 0 Å². The lowest BCUT2D eigenvalue weighted by Crippen LogP contribution is -2.40. The molecule has 0 aliphatic heterocycles. The molecule has 3 nitrogen and oxygen atoms in total. The molecular weight excluding hydrogens is 226 g/mol. The summed E-state index contributed by atoms with van der Waals surface area (Å²) >= 11 is 0. The maximum absolute atomic E-state index is 5.64. The molecule has 1 rings (SSSR count). The number of benzene rings is 1. The molecule has 0 spiro atoms. The number of hydrogen-bond donors (Lipinski definition) is 1. The van der Waals surface area contributed by atoms with Crippen LogP contribution in [0, 0.1) is 0 Å². The summed E-state index contributed by atoms with van der Waals surface area (Å²) in [5.74, 6) is 0.876. The van der Waals surface area contributed by atoms with Gasteiger partial charge in [0.25, 0.3) is 0 Å². The third kappa shape index (κ3) is 5.52. The molecule has 0 radical (unpaired) electrons. The highest BCUT2D eigenvalue weighted by molar-refractivity contribution is 5.27. The largest absolute Gasteiger partial charge is 0.497 e. The first kappa shape index (κ1) is 15.0. The molecule has 18 heavy (non-hydrogen) atoms. The molecule has 3 heteroatoms. The van der Waals surface area contributed by atoms with E-state index in [1.54, 1.807) is 7.11 Å². The van der Waals surface area contributed by atoms with Crippen LogP contribution in [0.5, 0.6) is 5.75 Å². The number of rotatable bonds is 8. The molecule has 0 saturated heterocycles. The summed E-state index contributed by atoms with van der Waals surface area (Å²) in [7, 11) is 1.68. The van der Waals surface area contributed by atoms with E-state index < -0.39 is 0 Å². The Kier molecular flexibility index (Phi) is 6.16. The average molecular weight is 251 g/mol. The molecule has 0 atom stereocenters. The summed E-state index contributed by atoms with van der Waals surface area (Å²) in [5.41, 5.74) is 1.34. The highest BCUT2D eigenvalue weighted by Crippen LogP contribution is 2.13. The Labute approximate surface area is 110 Å². The molecule has 0 bridgehead atoms. The topological polar surface area (TPSA) is 30.5 Å². The van der Waals surface area contributed by atoms with E-state index in [1.807, 2.05) is 24.3 Å². The minimum Gasteiger partial charge on any atom is -0.497 e. The highest BCUT2D eigenvalue weighted by atomic mass is 16.5. The molecule has 102 valence electrons. The smallest absolute Gasteiger partial charge is 0.119 e. The van der Waals surface area contributed by atoms with Crippen LogP contribution in [0.15, 0.2) is 24.3 Å². The summed E-state index contributed by atoms with van der Waals surface area (Å²) in [5, 5.41) is 3.47. The van der Waals surface area contributed by atoms with Crippen molar-refractivity contribution in [1.29, 1.82) is 0 Å². The fourth-order valence-electron chi connectivity index (χ4n) is 1.54. The first-order chi connectivity index (χ1) is 8.57. The van der Waals surface area contributed by atoms with Crippen molar-refractivity contribution in [2.24, 2.45) is 0 Å². The quantitative estimate of drug-likeness (QED) is 0.720. The third-order valence-corrected chi connectivity index (χ3v) is 3.14. The van der Waals surface area contributed by atoms with Gasteiger partial charge in [-0.3, -0.25) is 0 Å². The fraction of sp³-hybridized carbons (Fsp3) is 0.600. The summed E-state index contributed by atoms with van der Waals surface area (Å²) in [4.78, 5) is 0. The molecule has 1 aromatic carbocycles. The molecule has 0 aliphatic carbocycles. The monoisotopic (exact) mass is 251 g/mol. The summed E-state index contributed by atoms with van der Waals surface area (Å²) < 4.78 is 10.8. The van der Waals surface area contributed by atoms with Gasteiger partial charge in [-0.1, -0.05) is 19.1 Å². The Morgan fingerprint density at radius 3 is 2.72 bits per heavy atom. The second-order valence-corrected chi connectivity index (χ2v) is 5.07. The zero-order valence-corrected chi connectivity index (χ0v) is 12.0.